The zero-order chi connectivity index (χ0) is 26.2. The Kier molecular flexibility index (Phi) is 8.78. The molecule has 0 amide bonds. The first-order valence-electron chi connectivity index (χ1n) is 11.9. The summed E-state index contributed by atoms with van der Waals surface area (Å²) in [5, 5.41) is 12.5. The van der Waals surface area contributed by atoms with E-state index in [2.05, 4.69) is 59.5 Å². The van der Waals surface area contributed by atoms with Crippen LogP contribution in [0, 0.1) is 18.8 Å². The molecule has 0 bridgehead atoms. The molecule has 7 heteroatoms. The summed E-state index contributed by atoms with van der Waals surface area (Å²) in [7, 11) is 1.66. The minimum absolute atomic E-state index is 0.0621. The second kappa shape index (κ2) is 12.4. The summed E-state index contributed by atoms with van der Waals surface area (Å²) in [5.41, 5.74) is 5.28. The van der Waals surface area contributed by atoms with E-state index in [1.807, 2.05) is 12.1 Å². The van der Waals surface area contributed by atoms with E-state index in [1.165, 1.54) is 21.2 Å². The lowest BCUT2D eigenvalue weighted by Gasteiger charge is -2.11. The van der Waals surface area contributed by atoms with E-state index < -0.39 is 11.9 Å². The summed E-state index contributed by atoms with van der Waals surface area (Å²) in [4.78, 5) is 15.5. The van der Waals surface area contributed by atoms with Gasteiger partial charge in [0.2, 0.25) is 5.88 Å². The number of aryl methyl sites for hydroxylation is 1. The number of methoxy groups -OCH3 is 1. The average molecular weight is 516 g/mol. The molecule has 0 aliphatic rings. The third-order valence-corrected chi connectivity index (χ3v) is 6.90. The van der Waals surface area contributed by atoms with Gasteiger partial charge in [-0.1, -0.05) is 24.1 Å². The number of nitrogens with zero attached hydrogens (tertiary/aromatic N) is 1. The van der Waals surface area contributed by atoms with Crippen molar-refractivity contribution in [3.8, 4) is 34.6 Å². The Morgan fingerprint density at radius 1 is 1.08 bits per heavy atom. The number of pyridine rings is 1. The molecule has 37 heavy (non-hydrogen) atoms. The first-order chi connectivity index (χ1) is 18.0. The molecule has 4 rings (SSSR count). The van der Waals surface area contributed by atoms with Gasteiger partial charge in [-0.2, -0.15) is 0 Å². The van der Waals surface area contributed by atoms with Crippen molar-refractivity contribution in [1.29, 1.82) is 0 Å². The van der Waals surface area contributed by atoms with Gasteiger partial charge in [0.25, 0.3) is 0 Å². The fourth-order valence-corrected chi connectivity index (χ4v) is 4.98. The van der Waals surface area contributed by atoms with Crippen LogP contribution in [0.25, 0.3) is 21.2 Å². The third kappa shape index (κ3) is 6.67. The second-order valence-corrected chi connectivity index (χ2v) is 9.47. The first kappa shape index (κ1) is 26.2. The summed E-state index contributed by atoms with van der Waals surface area (Å²) < 4.78 is 18.1. The monoisotopic (exact) mass is 515 g/mol. The number of ether oxygens (including phenoxy) is 3. The average Bonchev–Trinajstić information content (AvgIpc) is 3.31. The molecule has 4 aromatic rings. The molecule has 2 aromatic carbocycles. The number of hydrogen-bond acceptors (Lipinski definition) is 6. The van der Waals surface area contributed by atoms with E-state index in [9.17, 15) is 4.79 Å². The highest BCUT2D eigenvalue weighted by Crippen LogP contribution is 2.37. The van der Waals surface area contributed by atoms with Crippen LogP contribution in [0.1, 0.15) is 36.0 Å². The van der Waals surface area contributed by atoms with E-state index >= 15 is 0 Å². The summed E-state index contributed by atoms with van der Waals surface area (Å²) in [6.45, 7) is 5.22. The van der Waals surface area contributed by atoms with E-state index in [4.69, 9.17) is 19.3 Å². The zero-order valence-electron chi connectivity index (χ0n) is 21.1. The minimum atomic E-state index is -0.892. The number of benzene rings is 2. The van der Waals surface area contributed by atoms with Crippen LogP contribution in [0.4, 0.5) is 0 Å². The number of carboxylic acids is 1. The SMILES string of the molecule is CC#C[C@@H](CC(=O)O)c1ccc(OCc2ccc3scc(-c4cc(OCCOC)ccc4C)c3c2)nc1. The molecule has 0 aliphatic heterocycles. The molecule has 6 nitrogen and oxygen atoms in total. The predicted octanol–water partition coefficient (Wildman–Crippen LogP) is 6.46. The standard InChI is InChI=1S/C30H29NO5S/c1-4-5-22(15-30(32)33)23-8-11-29(31-17-23)36-18-21-7-10-28-26(14-21)27(19-37-28)25-16-24(9-6-20(25)2)35-13-12-34-3/h6-11,14,16-17,19,22H,12-13,15,18H2,1-3H3,(H,32,33)/t22-/m0/s1. The molecule has 190 valence electrons. The highest BCUT2D eigenvalue weighted by molar-refractivity contribution is 7.17. The number of carbonyl (C=O) groups is 1. The fraction of sp³-hybridized carbons (Fsp3) is 0.267. The lowest BCUT2D eigenvalue weighted by atomic mass is 9.98. The van der Waals surface area contributed by atoms with Crippen molar-refractivity contribution in [2.45, 2.75) is 32.8 Å². The molecule has 0 fully saturated rings. The maximum Gasteiger partial charge on any atom is 0.304 e. The molecule has 2 aromatic heterocycles. The number of aromatic nitrogens is 1. The van der Waals surface area contributed by atoms with Crippen LogP contribution in [0.3, 0.4) is 0 Å². The van der Waals surface area contributed by atoms with Gasteiger partial charge >= 0.3 is 5.97 Å². The number of fused-ring (bicyclic) bond motifs is 1. The van der Waals surface area contributed by atoms with Gasteiger partial charge < -0.3 is 19.3 Å². The molecule has 0 unspecified atom stereocenters. The number of aliphatic carboxylic acids is 1. The zero-order valence-corrected chi connectivity index (χ0v) is 21.9. The van der Waals surface area contributed by atoms with Crippen LogP contribution in [-0.4, -0.2) is 36.4 Å². The van der Waals surface area contributed by atoms with Gasteiger partial charge in [-0.15, -0.1) is 17.3 Å². The van der Waals surface area contributed by atoms with Gasteiger partial charge in [-0.3, -0.25) is 4.79 Å². The summed E-state index contributed by atoms with van der Waals surface area (Å²) >= 11 is 1.71. The van der Waals surface area contributed by atoms with Crippen LogP contribution in [0.15, 0.2) is 60.1 Å². The lowest BCUT2D eigenvalue weighted by molar-refractivity contribution is -0.137. The lowest BCUT2D eigenvalue weighted by Crippen LogP contribution is -2.05. The van der Waals surface area contributed by atoms with E-state index in [0.29, 0.717) is 25.7 Å². The smallest absolute Gasteiger partial charge is 0.304 e. The van der Waals surface area contributed by atoms with Crippen molar-refractivity contribution in [2.75, 3.05) is 20.3 Å². The molecule has 0 saturated heterocycles. The Hall–Kier alpha value is -3.86. The number of carboxylic acid groups (broad SMARTS) is 1. The van der Waals surface area contributed by atoms with Crippen LogP contribution in [0.2, 0.25) is 0 Å². The van der Waals surface area contributed by atoms with Crippen molar-refractivity contribution < 1.29 is 24.1 Å². The van der Waals surface area contributed by atoms with Gasteiger partial charge in [0.05, 0.1) is 18.9 Å². The Morgan fingerprint density at radius 3 is 2.68 bits per heavy atom. The van der Waals surface area contributed by atoms with E-state index in [0.717, 1.165) is 22.4 Å². The normalized spacial score (nSPS) is 11.5. The summed E-state index contributed by atoms with van der Waals surface area (Å²) in [6.07, 6.45) is 1.57. The maximum atomic E-state index is 11.1. The first-order valence-corrected chi connectivity index (χ1v) is 12.8. The van der Waals surface area contributed by atoms with Gasteiger partial charge in [0.1, 0.15) is 19.0 Å². The van der Waals surface area contributed by atoms with Crippen LogP contribution < -0.4 is 9.47 Å². The van der Waals surface area contributed by atoms with Crippen molar-refractivity contribution in [3.63, 3.8) is 0 Å². The Bertz CT molecular complexity index is 1430. The Balaban J connectivity index is 1.50. The summed E-state index contributed by atoms with van der Waals surface area (Å²) in [5.74, 6) is 5.75. The highest BCUT2D eigenvalue weighted by Gasteiger charge is 2.14. The molecule has 0 saturated carbocycles. The highest BCUT2D eigenvalue weighted by atomic mass is 32.1. The molecular weight excluding hydrogens is 486 g/mol. The summed E-state index contributed by atoms with van der Waals surface area (Å²) in [6, 6.07) is 16.1. The predicted molar refractivity (Wildman–Crippen MR) is 146 cm³/mol. The van der Waals surface area contributed by atoms with Crippen LogP contribution in [-0.2, 0) is 16.1 Å². The van der Waals surface area contributed by atoms with Crippen molar-refractivity contribution in [1.82, 2.24) is 4.98 Å². The Labute approximate surface area is 220 Å². The van der Waals surface area contributed by atoms with Gasteiger partial charge in [-0.05, 0) is 65.7 Å². The largest absolute Gasteiger partial charge is 0.491 e. The number of rotatable bonds is 11. The van der Waals surface area contributed by atoms with Gasteiger partial charge in [-0.25, -0.2) is 4.98 Å². The number of hydrogen-bond donors (Lipinski definition) is 1. The van der Waals surface area contributed by atoms with Crippen molar-refractivity contribution >= 4 is 27.4 Å². The second-order valence-electron chi connectivity index (χ2n) is 8.56. The third-order valence-electron chi connectivity index (χ3n) is 5.94. The quantitative estimate of drug-likeness (QED) is 0.183. The topological polar surface area (TPSA) is 77.9 Å². The van der Waals surface area contributed by atoms with Crippen molar-refractivity contribution in [3.05, 3.63) is 76.8 Å². The molecule has 0 radical (unpaired) electrons. The fourth-order valence-electron chi connectivity index (χ4n) is 4.04. The van der Waals surface area contributed by atoms with Crippen molar-refractivity contribution in [2.24, 2.45) is 0 Å². The maximum absolute atomic E-state index is 11.1. The van der Waals surface area contributed by atoms with Gasteiger partial charge in [0, 0.05) is 35.0 Å². The molecule has 0 aliphatic carbocycles. The molecular formula is C30H29NO5S. The molecule has 1 N–H and O–H groups in total. The molecule has 1 atom stereocenters. The Morgan fingerprint density at radius 2 is 1.95 bits per heavy atom. The van der Waals surface area contributed by atoms with Gasteiger partial charge in [0.15, 0.2) is 0 Å². The van der Waals surface area contributed by atoms with Crippen LogP contribution in [0.5, 0.6) is 11.6 Å². The van der Waals surface area contributed by atoms with Crippen LogP contribution >= 0.6 is 11.3 Å². The van der Waals surface area contributed by atoms with E-state index in [1.54, 1.807) is 37.6 Å². The molecule has 2 heterocycles. The number of thiophene rings is 1. The molecule has 0 spiro atoms. The minimum Gasteiger partial charge on any atom is -0.491 e. The van der Waals surface area contributed by atoms with E-state index in [-0.39, 0.29) is 6.42 Å².